The van der Waals surface area contributed by atoms with Crippen molar-refractivity contribution in [3.63, 3.8) is 0 Å². The largest absolute Gasteiger partial charge is 0.478 e. The number of carbonyl (C=O) groups is 2. The monoisotopic (exact) mass is 255 g/mol. The van der Waals surface area contributed by atoms with Crippen LogP contribution in [0.5, 0.6) is 0 Å². The van der Waals surface area contributed by atoms with Crippen LogP contribution in [-0.2, 0) is 9.53 Å². The molecule has 0 radical (unpaired) electrons. The summed E-state index contributed by atoms with van der Waals surface area (Å²) in [5.41, 5.74) is -1.12. The molecule has 0 heterocycles. The number of aliphatic carboxylic acids is 1. The minimum Gasteiger partial charge on any atom is -0.478 e. The van der Waals surface area contributed by atoms with Gasteiger partial charge in [0.1, 0.15) is 5.60 Å². The molecule has 0 bridgehead atoms. The number of carboxylic acid groups (broad SMARTS) is 1. The van der Waals surface area contributed by atoms with Gasteiger partial charge >= 0.3 is 12.1 Å². The molecule has 0 aromatic carbocycles. The van der Waals surface area contributed by atoms with E-state index < -0.39 is 23.2 Å². The van der Waals surface area contributed by atoms with Crippen molar-refractivity contribution in [2.45, 2.75) is 57.6 Å². The smallest absolute Gasteiger partial charge is 0.408 e. The third-order valence-corrected chi connectivity index (χ3v) is 2.79. The van der Waals surface area contributed by atoms with Gasteiger partial charge in [-0.05, 0) is 33.6 Å². The highest BCUT2D eigenvalue weighted by molar-refractivity contribution is 5.80. The van der Waals surface area contributed by atoms with Crippen molar-refractivity contribution in [2.75, 3.05) is 0 Å². The van der Waals surface area contributed by atoms with Crippen LogP contribution in [0.3, 0.4) is 0 Å². The van der Waals surface area contributed by atoms with E-state index in [9.17, 15) is 9.59 Å². The standard InChI is InChI=1S/C13H21NO4/c1-12(2,3)18-11(17)14-13(7-4-5-8-13)9-6-10(15)16/h6,9H,4-5,7-8H2,1-3H3,(H,14,17)(H,15,16)/b9-6+. The highest BCUT2D eigenvalue weighted by Crippen LogP contribution is 2.31. The van der Waals surface area contributed by atoms with E-state index in [1.54, 1.807) is 26.8 Å². The summed E-state index contributed by atoms with van der Waals surface area (Å²) in [5.74, 6) is -1.01. The molecule has 0 unspecified atom stereocenters. The summed E-state index contributed by atoms with van der Waals surface area (Å²) in [6.07, 6.45) is 5.58. The molecule has 0 atom stereocenters. The highest BCUT2D eigenvalue weighted by atomic mass is 16.6. The fraction of sp³-hybridized carbons (Fsp3) is 0.692. The van der Waals surface area contributed by atoms with Crippen LogP contribution in [0, 0.1) is 0 Å². The third kappa shape index (κ3) is 4.77. The second-order valence-electron chi connectivity index (χ2n) is 5.66. The van der Waals surface area contributed by atoms with E-state index in [1.165, 1.54) is 0 Å². The molecule has 102 valence electrons. The van der Waals surface area contributed by atoms with Gasteiger partial charge in [-0.15, -0.1) is 0 Å². The number of hydrogen-bond donors (Lipinski definition) is 2. The van der Waals surface area contributed by atoms with Crippen molar-refractivity contribution in [3.05, 3.63) is 12.2 Å². The zero-order valence-electron chi connectivity index (χ0n) is 11.2. The third-order valence-electron chi connectivity index (χ3n) is 2.79. The summed E-state index contributed by atoms with van der Waals surface area (Å²) >= 11 is 0. The number of hydrogen-bond acceptors (Lipinski definition) is 3. The number of carboxylic acids is 1. The lowest BCUT2D eigenvalue weighted by atomic mass is 9.97. The molecule has 1 amide bonds. The summed E-state index contributed by atoms with van der Waals surface area (Å²) in [6, 6.07) is 0. The Morgan fingerprint density at radius 2 is 1.83 bits per heavy atom. The molecule has 0 aromatic heterocycles. The van der Waals surface area contributed by atoms with Gasteiger partial charge in [0, 0.05) is 6.08 Å². The normalized spacial score (nSPS) is 18.8. The average molecular weight is 255 g/mol. The molecule has 18 heavy (non-hydrogen) atoms. The van der Waals surface area contributed by atoms with Crippen LogP contribution in [0.15, 0.2) is 12.2 Å². The average Bonchev–Trinajstić information content (AvgIpc) is 2.61. The fourth-order valence-corrected chi connectivity index (χ4v) is 2.08. The Labute approximate surface area is 107 Å². The molecule has 1 saturated carbocycles. The lowest BCUT2D eigenvalue weighted by Gasteiger charge is -2.29. The zero-order valence-corrected chi connectivity index (χ0v) is 11.2. The first-order valence-electron chi connectivity index (χ1n) is 6.16. The fourth-order valence-electron chi connectivity index (χ4n) is 2.08. The van der Waals surface area contributed by atoms with E-state index in [0.717, 1.165) is 31.8 Å². The SMILES string of the molecule is CC(C)(C)OC(=O)NC1(/C=C/C(=O)O)CCCC1. The Hall–Kier alpha value is -1.52. The molecule has 1 aliphatic carbocycles. The summed E-state index contributed by atoms with van der Waals surface area (Å²) in [4.78, 5) is 22.3. The molecule has 1 aliphatic rings. The van der Waals surface area contributed by atoms with E-state index >= 15 is 0 Å². The van der Waals surface area contributed by atoms with Gasteiger partial charge in [0.25, 0.3) is 0 Å². The maximum absolute atomic E-state index is 11.7. The van der Waals surface area contributed by atoms with E-state index in [1.807, 2.05) is 0 Å². The van der Waals surface area contributed by atoms with Crippen LogP contribution in [0.2, 0.25) is 0 Å². The van der Waals surface area contributed by atoms with Crippen LogP contribution < -0.4 is 5.32 Å². The van der Waals surface area contributed by atoms with Gasteiger partial charge in [-0.2, -0.15) is 0 Å². The van der Waals surface area contributed by atoms with Crippen LogP contribution in [0.25, 0.3) is 0 Å². The van der Waals surface area contributed by atoms with Crippen LogP contribution in [0.4, 0.5) is 4.79 Å². The molecule has 5 nitrogen and oxygen atoms in total. The van der Waals surface area contributed by atoms with Gasteiger partial charge in [0.15, 0.2) is 0 Å². The van der Waals surface area contributed by atoms with Gasteiger partial charge in [-0.1, -0.05) is 18.9 Å². The number of rotatable bonds is 3. The molecule has 2 N–H and O–H groups in total. The first kappa shape index (κ1) is 14.5. The van der Waals surface area contributed by atoms with Crippen molar-refractivity contribution in [3.8, 4) is 0 Å². The van der Waals surface area contributed by atoms with E-state index in [0.29, 0.717) is 0 Å². The second-order valence-corrected chi connectivity index (χ2v) is 5.66. The predicted molar refractivity (Wildman–Crippen MR) is 67.3 cm³/mol. The number of ether oxygens (including phenoxy) is 1. The quantitative estimate of drug-likeness (QED) is 0.759. The van der Waals surface area contributed by atoms with E-state index in [4.69, 9.17) is 9.84 Å². The topological polar surface area (TPSA) is 75.6 Å². The van der Waals surface area contributed by atoms with Crippen molar-refractivity contribution >= 4 is 12.1 Å². The molecular weight excluding hydrogens is 234 g/mol. The maximum Gasteiger partial charge on any atom is 0.408 e. The minimum atomic E-state index is -1.01. The van der Waals surface area contributed by atoms with Crippen molar-refractivity contribution in [1.82, 2.24) is 5.32 Å². The van der Waals surface area contributed by atoms with Crippen LogP contribution in [-0.4, -0.2) is 28.3 Å². The lowest BCUT2D eigenvalue weighted by Crippen LogP contribution is -2.47. The summed E-state index contributed by atoms with van der Waals surface area (Å²) in [6.45, 7) is 5.38. The number of alkyl carbamates (subject to hydrolysis) is 1. The summed E-state index contributed by atoms with van der Waals surface area (Å²) < 4.78 is 5.20. The van der Waals surface area contributed by atoms with E-state index in [2.05, 4.69) is 5.32 Å². The van der Waals surface area contributed by atoms with Crippen molar-refractivity contribution in [1.29, 1.82) is 0 Å². The van der Waals surface area contributed by atoms with Crippen LogP contribution in [0.1, 0.15) is 46.5 Å². The molecule has 1 fully saturated rings. The molecule has 0 saturated heterocycles. The highest BCUT2D eigenvalue weighted by Gasteiger charge is 2.34. The molecule has 1 rings (SSSR count). The van der Waals surface area contributed by atoms with Crippen molar-refractivity contribution < 1.29 is 19.4 Å². The molecule has 0 aliphatic heterocycles. The minimum absolute atomic E-state index is 0.501. The predicted octanol–water partition coefficient (Wildman–Crippen LogP) is 2.46. The lowest BCUT2D eigenvalue weighted by molar-refractivity contribution is -0.131. The van der Waals surface area contributed by atoms with E-state index in [-0.39, 0.29) is 0 Å². The number of amides is 1. The first-order chi connectivity index (χ1) is 8.22. The van der Waals surface area contributed by atoms with Crippen molar-refractivity contribution in [2.24, 2.45) is 0 Å². The number of nitrogens with one attached hydrogen (secondary N) is 1. The number of carbonyl (C=O) groups excluding carboxylic acids is 1. The molecular formula is C13H21NO4. The Morgan fingerprint density at radius 1 is 1.28 bits per heavy atom. The molecule has 5 heteroatoms. The first-order valence-corrected chi connectivity index (χ1v) is 6.16. The zero-order chi connectivity index (χ0) is 13.8. The van der Waals surface area contributed by atoms with Crippen LogP contribution >= 0.6 is 0 Å². The van der Waals surface area contributed by atoms with Gasteiger partial charge in [-0.25, -0.2) is 9.59 Å². The summed E-state index contributed by atoms with van der Waals surface area (Å²) in [7, 11) is 0. The Morgan fingerprint density at radius 3 is 2.28 bits per heavy atom. The molecule has 0 spiro atoms. The Balaban J connectivity index is 2.69. The van der Waals surface area contributed by atoms with Gasteiger partial charge in [0.05, 0.1) is 5.54 Å². The Bertz CT molecular complexity index is 348. The molecule has 0 aromatic rings. The summed E-state index contributed by atoms with van der Waals surface area (Å²) in [5, 5.41) is 11.5. The second kappa shape index (κ2) is 5.42. The maximum atomic E-state index is 11.7. The Kier molecular flexibility index (Phi) is 4.38. The van der Waals surface area contributed by atoms with Gasteiger partial charge in [-0.3, -0.25) is 0 Å². The van der Waals surface area contributed by atoms with Gasteiger partial charge in [0.2, 0.25) is 0 Å². The van der Waals surface area contributed by atoms with Gasteiger partial charge < -0.3 is 15.2 Å².